The van der Waals surface area contributed by atoms with Crippen LogP contribution in [0.4, 0.5) is 0 Å². The third-order valence-electron chi connectivity index (χ3n) is 2.96. The topological polar surface area (TPSA) is 52.3 Å². The van der Waals surface area contributed by atoms with Gasteiger partial charge in [0.25, 0.3) is 0 Å². The molecule has 0 radical (unpaired) electrons. The molecule has 0 aliphatic carbocycles. The number of alkyl halides is 1. The molecule has 1 unspecified atom stereocenters. The molecule has 17 heavy (non-hydrogen) atoms. The smallest absolute Gasteiger partial charge is 0.234 e. The van der Waals surface area contributed by atoms with E-state index in [0.717, 1.165) is 41.8 Å². The molecular weight excluding hydrogens is 260 g/mol. The lowest BCUT2D eigenvalue weighted by atomic mass is 10.00. The Morgan fingerprint density at radius 1 is 1.41 bits per heavy atom. The van der Waals surface area contributed by atoms with E-state index in [1.54, 1.807) is 0 Å². The van der Waals surface area contributed by atoms with Crippen molar-refractivity contribution in [3.63, 3.8) is 0 Å². The van der Waals surface area contributed by atoms with E-state index < -0.39 is 0 Å². The van der Waals surface area contributed by atoms with Crippen LogP contribution in [0.5, 0.6) is 0 Å². The Balaban J connectivity index is 1.98. The molecule has 5 nitrogen and oxygen atoms in total. The fourth-order valence-corrected chi connectivity index (χ4v) is 2.97. The van der Waals surface area contributed by atoms with Crippen molar-refractivity contribution in [3.05, 3.63) is 10.8 Å². The third kappa shape index (κ3) is 2.05. The van der Waals surface area contributed by atoms with E-state index in [-0.39, 0.29) is 5.38 Å². The first-order valence-corrected chi connectivity index (χ1v) is 6.95. The normalized spacial score (nSPS) is 19.9. The Hall–Kier alpha value is -0.720. The van der Waals surface area contributed by atoms with E-state index in [0.29, 0.717) is 5.92 Å². The molecule has 0 saturated carbocycles. The van der Waals surface area contributed by atoms with Gasteiger partial charge < -0.3 is 4.74 Å². The Morgan fingerprint density at radius 3 is 2.88 bits per heavy atom. The van der Waals surface area contributed by atoms with Gasteiger partial charge in [0.1, 0.15) is 5.01 Å². The zero-order chi connectivity index (χ0) is 11.8. The van der Waals surface area contributed by atoms with Gasteiger partial charge in [-0.05, 0) is 19.8 Å². The summed E-state index contributed by atoms with van der Waals surface area (Å²) in [5.74, 6) is 1.35. The quantitative estimate of drug-likeness (QED) is 0.788. The van der Waals surface area contributed by atoms with Gasteiger partial charge in [-0.3, -0.25) is 0 Å². The lowest BCUT2D eigenvalue weighted by Gasteiger charge is -2.19. The van der Waals surface area contributed by atoms with Crippen LogP contribution >= 0.6 is 22.9 Å². The minimum Gasteiger partial charge on any atom is -0.381 e. The van der Waals surface area contributed by atoms with Gasteiger partial charge in [0.2, 0.25) is 4.96 Å². The van der Waals surface area contributed by atoms with Crippen molar-refractivity contribution in [2.45, 2.75) is 31.1 Å². The summed E-state index contributed by atoms with van der Waals surface area (Å²) in [4.78, 5) is 0.828. The molecule has 3 rings (SSSR count). The van der Waals surface area contributed by atoms with Crippen LogP contribution in [0.1, 0.15) is 41.9 Å². The van der Waals surface area contributed by atoms with E-state index in [9.17, 15) is 0 Å². The van der Waals surface area contributed by atoms with Crippen LogP contribution in [-0.4, -0.2) is 33.0 Å². The number of hydrogen-bond donors (Lipinski definition) is 0. The Bertz CT molecular complexity index is 517. The molecule has 0 bridgehead atoms. The molecule has 0 amide bonds. The highest BCUT2D eigenvalue weighted by atomic mass is 35.5. The van der Waals surface area contributed by atoms with E-state index >= 15 is 0 Å². The van der Waals surface area contributed by atoms with Crippen molar-refractivity contribution in [3.8, 4) is 0 Å². The summed E-state index contributed by atoms with van der Waals surface area (Å²) in [5, 5.41) is 13.7. The van der Waals surface area contributed by atoms with Crippen molar-refractivity contribution in [2.75, 3.05) is 13.2 Å². The molecule has 1 aliphatic rings. The van der Waals surface area contributed by atoms with Gasteiger partial charge >= 0.3 is 0 Å². The van der Waals surface area contributed by atoms with Crippen LogP contribution in [0.2, 0.25) is 0 Å². The highest BCUT2D eigenvalue weighted by molar-refractivity contribution is 7.16. The maximum absolute atomic E-state index is 6.04. The van der Waals surface area contributed by atoms with Crippen molar-refractivity contribution in [1.82, 2.24) is 19.8 Å². The van der Waals surface area contributed by atoms with Crippen LogP contribution in [-0.2, 0) is 4.74 Å². The van der Waals surface area contributed by atoms with Gasteiger partial charge in [-0.15, -0.1) is 21.8 Å². The number of ether oxygens (including phenoxy) is 1. The molecule has 1 saturated heterocycles. The Labute approximate surface area is 108 Å². The van der Waals surface area contributed by atoms with Crippen LogP contribution in [0.15, 0.2) is 0 Å². The average molecular weight is 273 g/mol. The molecule has 3 heterocycles. The van der Waals surface area contributed by atoms with Crippen LogP contribution in [0.25, 0.3) is 4.96 Å². The summed E-state index contributed by atoms with van der Waals surface area (Å²) >= 11 is 7.54. The Morgan fingerprint density at radius 2 is 2.18 bits per heavy atom. The third-order valence-corrected chi connectivity index (χ3v) is 4.37. The van der Waals surface area contributed by atoms with Gasteiger partial charge in [-0.25, -0.2) is 0 Å². The van der Waals surface area contributed by atoms with Crippen LogP contribution < -0.4 is 0 Å². The fraction of sp³-hybridized carbons (Fsp3) is 0.700. The number of aromatic nitrogens is 4. The van der Waals surface area contributed by atoms with Crippen molar-refractivity contribution < 1.29 is 4.74 Å². The molecule has 92 valence electrons. The second-order valence-corrected chi connectivity index (χ2v) is 5.84. The summed E-state index contributed by atoms with van der Waals surface area (Å²) in [6.45, 7) is 3.51. The van der Waals surface area contributed by atoms with Crippen molar-refractivity contribution >= 4 is 27.9 Å². The van der Waals surface area contributed by atoms with Gasteiger partial charge in [0.05, 0.1) is 5.38 Å². The Kier molecular flexibility index (Phi) is 3.02. The number of nitrogens with zero attached hydrogens (tertiary/aromatic N) is 4. The largest absolute Gasteiger partial charge is 0.381 e. The number of hydrogen-bond acceptors (Lipinski definition) is 5. The summed E-state index contributed by atoms with van der Waals surface area (Å²) in [5.41, 5.74) is 0. The number of rotatable bonds is 2. The molecule has 0 spiro atoms. The zero-order valence-electron chi connectivity index (χ0n) is 9.47. The van der Waals surface area contributed by atoms with Gasteiger partial charge in [0.15, 0.2) is 5.82 Å². The SMILES string of the molecule is CC(Cl)c1nn2c(C3CCOCC3)nnc2s1. The first-order chi connectivity index (χ1) is 8.25. The summed E-state index contributed by atoms with van der Waals surface area (Å²) in [6, 6.07) is 0. The van der Waals surface area contributed by atoms with Gasteiger partial charge in [-0.2, -0.15) is 9.61 Å². The molecule has 2 aromatic heterocycles. The monoisotopic (exact) mass is 272 g/mol. The predicted molar refractivity (Wildman–Crippen MR) is 65.7 cm³/mol. The number of halogens is 1. The highest BCUT2D eigenvalue weighted by Crippen LogP contribution is 2.29. The second-order valence-electron chi connectivity index (χ2n) is 4.20. The lowest BCUT2D eigenvalue weighted by molar-refractivity contribution is 0.0831. The maximum Gasteiger partial charge on any atom is 0.234 e. The fourth-order valence-electron chi connectivity index (χ4n) is 2.02. The first kappa shape index (κ1) is 11.4. The molecular formula is C10H13ClN4OS. The van der Waals surface area contributed by atoms with Crippen molar-refractivity contribution in [1.29, 1.82) is 0 Å². The molecule has 1 fully saturated rings. The minimum absolute atomic E-state index is 0.0794. The zero-order valence-corrected chi connectivity index (χ0v) is 11.0. The lowest BCUT2D eigenvalue weighted by Crippen LogP contribution is -2.16. The molecule has 0 N–H and O–H groups in total. The van der Waals surface area contributed by atoms with Gasteiger partial charge in [-0.1, -0.05) is 11.3 Å². The predicted octanol–water partition coefficient (Wildman–Crippen LogP) is 2.38. The summed E-state index contributed by atoms with van der Waals surface area (Å²) in [6.07, 6.45) is 1.98. The molecule has 7 heteroatoms. The van der Waals surface area contributed by atoms with E-state index in [4.69, 9.17) is 16.3 Å². The van der Waals surface area contributed by atoms with Crippen LogP contribution in [0, 0.1) is 0 Å². The first-order valence-electron chi connectivity index (χ1n) is 5.69. The van der Waals surface area contributed by atoms with E-state index in [2.05, 4.69) is 15.3 Å². The maximum atomic E-state index is 6.04. The molecule has 1 aliphatic heterocycles. The highest BCUT2D eigenvalue weighted by Gasteiger charge is 2.23. The van der Waals surface area contributed by atoms with Crippen LogP contribution in [0.3, 0.4) is 0 Å². The summed E-state index contributed by atoms with van der Waals surface area (Å²) < 4.78 is 7.20. The van der Waals surface area contributed by atoms with E-state index in [1.165, 1.54) is 11.3 Å². The van der Waals surface area contributed by atoms with Gasteiger partial charge in [0, 0.05) is 19.1 Å². The number of fused-ring (bicyclic) bond motifs is 1. The molecule has 2 aromatic rings. The minimum atomic E-state index is -0.0794. The average Bonchev–Trinajstić information content (AvgIpc) is 2.89. The standard InChI is InChI=1S/C10H13ClN4OS/c1-6(11)9-14-15-8(12-13-10(15)17-9)7-2-4-16-5-3-7/h6-7H,2-5H2,1H3. The summed E-state index contributed by atoms with van der Waals surface area (Å²) in [7, 11) is 0. The second kappa shape index (κ2) is 4.51. The molecule has 0 aromatic carbocycles. The van der Waals surface area contributed by atoms with Crippen molar-refractivity contribution in [2.24, 2.45) is 0 Å². The van der Waals surface area contributed by atoms with E-state index in [1.807, 2.05) is 11.4 Å². The molecule has 1 atom stereocenters.